The van der Waals surface area contributed by atoms with Crippen LogP contribution in [0.15, 0.2) is 54.6 Å². The van der Waals surface area contributed by atoms with Gasteiger partial charge in [0, 0.05) is 32.7 Å². The van der Waals surface area contributed by atoms with Gasteiger partial charge in [-0.05, 0) is 24.1 Å². The van der Waals surface area contributed by atoms with Crippen LogP contribution >= 0.6 is 0 Å². The van der Waals surface area contributed by atoms with Gasteiger partial charge in [0.05, 0.1) is 5.69 Å². The lowest BCUT2D eigenvalue weighted by Gasteiger charge is -2.36. The number of anilines is 1. The highest BCUT2D eigenvalue weighted by Gasteiger charge is 2.22. The van der Waals surface area contributed by atoms with Crippen molar-refractivity contribution in [3.05, 3.63) is 60.2 Å². The number of piperazine rings is 1. The van der Waals surface area contributed by atoms with Crippen LogP contribution in [-0.2, 0) is 6.42 Å². The Morgan fingerprint density at radius 3 is 2.33 bits per heavy atom. The molecule has 0 aromatic heterocycles. The van der Waals surface area contributed by atoms with E-state index in [0.29, 0.717) is 25.4 Å². The van der Waals surface area contributed by atoms with Crippen molar-refractivity contribution in [2.45, 2.75) is 6.42 Å². The topological polar surface area (TPSA) is 55.8 Å². The van der Waals surface area contributed by atoms with E-state index in [4.69, 9.17) is 0 Å². The number of urea groups is 1. The number of amides is 2. The summed E-state index contributed by atoms with van der Waals surface area (Å²) in [5, 5.41) is 12.9. The van der Waals surface area contributed by atoms with Crippen molar-refractivity contribution in [2.24, 2.45) is 0 Å². The van der Waals surface area contributed by atoms with Crippen molar-refractivity contribution in [2.75, 3.05) is 37.6 Å². The molecule has 2 aromatic carbocycles. The molecule has 0 bridgehead atoms. The summed E-state index contributed by atoms with van der Waals surface area (Å²) in [5.41, 5.74) is 2.06. The molecule has 3 rings (SSSR count). The summed E-state index contributed by atoms with van der Waals surface area (Å²) in [5.74, 6) is 0.290. The highest BCUT2D eigenvalue weighted by molar-refractivity contribution is 5.74. The van der Waals surface area contributed by atoms with E-state index in [9.17, 15) is 9.90 Å². The number of phenolic OH excluding ortho intramolecular Hbond substituents is 1. The highest BCUT2D eigenvalue weighted by atomic mass is 16.3. The molecule has 2 aromatic rings. The molecule has 1 aliphatic rings. The standard InChI is InChI=1S/C19H23N3O2/c23-18-9-5-4-8-17(18)21-12-14-22(15-13-21)19(24)20-11-10-16-6-2-1-3-7-16/h1-9,23H,10-15H2,(H,20,24). The van der Waals surface area contributed by atoms with Crippen LogP contribution in [0.1, 0.15) is 5.56 Å². The van der Waals surface area contributed by atoms with Gasteiger partial charge < -0.3 is 20.2 Å². The van der Waals surface area contributed by atoms with Crippen LogP contribution < -0.4 is 10.2 Å². The summed E-state index contributed by atoms with van der Waals surface area (Å²) in [4.78, 5) is 16.2. The van der Waals surface area contributed by atoms with Gasteiger partial charge in [-0.25, -0.2) is 4.79 Å². The summed E-state index contributed by atoms with van der Waals surface area (Å²) < 4.78 is 0. The number of rotatable bonds is 4. The number of carbonyl (C=O) groups is 1. The number of hydrogen-bond acceptors (Lipinski definition) is 3. The molecule has 5 nitrogen and oxygen atoms in total. The zero-order valence-electron chi connectivity index (χ0n) is 13.7. The Bertz CT molecular complexity index is 667. The zero-order valence-corrected chi connectivity index (χ0v) is 13.7. The summed E-state index contributed by atoms with van der Waals surface area (Å²) in [6.07, 6.45) is 0.838. The molecular weight excluding hydrogens is 302 g/mol. The minimum absolute atomic E-state index is 0.0112. The van der Waals surface area contributed by atoms with Crippen molar-refractivity contribution in [1.29, 1.82) is 0 Å². The van der Waals surface area contributed by atoms with E-state index in [1.807, 2.05) is 41.3 Å². The monoisotopic (exact) mass is 325 g/mol. The second kappa shape index (κ2) is 7.73. The van der Waals surface area contributed by atoms with Crippen molar-refractivity contribution in [1.82, 2.24) is 10.2 Å². The minimum Gasteiger partial charge on any atom is -0.506 e. The average molecular weight is 325 g/mol. The zero-order chi connectivity index (χ0) is 16.8. The normalized spacial score (nSPS) is 14.5. The van der Waals surface area contributed by atoms with Gasteiger partial charge >= 0.3 is 6.03 Å². The largest absolute Gasteiger partial charge is 0.506 e. The number of nitrogens with zero attached hydrogens (tertiary/aromatic N) is 2. The van der Waals surface area contributed by atoms with Crippen LogP contribution in [0.5, 0.6) is 5.75 Å². The van der Waals surface area contributed by atoms with E-state index >= 15 is 0 Å². The lowest BCUT2D eigenvalue weighted by Crippen LogP contribution is -2.52. The number of benzene rings is 2. The van der Waals surface area contributed by atoms with Gasteiger partial charge in [-0.15, -0.1) is 0 Å². The summed E-state index contributed by atoms with van der Waals surface area (Å²) >= 11 is 0. The summed E-state index contributed by atoms with van der Waals surface area (Å²) in [6.45, 7) is 3.41. The number of aromatic hydroxyl groups is 1. The Hall–Kier alpha value is -2.69. The van der Waals surface area contributed by atoms with Crippen LogP contribution in [0, 0.1) is 0 Å². The molecule has 1 heterocycles. The number of para-hydroxylation sites is 2. The van der Waals surface area contributed by atoms with Gasteiger partial charge in [-0.1, -0.05) is 42.5 Å². The number of hydrogen-bond donors (Lipinski definition) is 2. The maximum absolute atomic E-state index is 12.2. The number of carbonyl (C=O) groups excluding carboxylic acids is 1. The first-order valence-corrected chi connectivity index (χ1v) is 8.33. The van der Waals surface area contributed by atoms with E-state index in [1.165, 1.54) is 5.56 Å². The third-order valence-electron chi connectivity index (χ3n) is 4.32. The first-order chi connectivity index (χ1) is 11.7. The molecule has 0 aliphatic carbocycles. The molecule has 1 aliphatic heterocycles. The molecule has 0 radical (unpaired) electrons. The van der Waals surface area contributed by atoms with E-state index < -0.39 is 0 Å². The molecule has 0 spiro atoms. The van der Waals surface area contributed by atoms with E-state index in [2.05, 4.69) is 22.3 Å². The van der Waals surface area contributed by atoms with Crippen LogP contribution in [0.25, 0.3) is 0 Å². The number of phenols is 1. The smallest absolute Gasteiger partial charge is 0.317 e. The quantitative estimate of drug-likeness (QED) is 0.908. The second-order valence-electron chi connectivity index (χ2n) is 5.93. The molecule has 2 N–H and O–H groups in total. The SMILES string of the molecule is O=C(NCCc1ccccc1)N1CCN(c2ccccc2O)CC1. The van der Waals surface area contributed by atoms with Crippen LogP contribution in [0.4, 0.5) is 10.5 Å². The number of nitrogens with one attached hydrogen (secondary N) is 1. The molecular formula is C19H23N3O2. The van der Waals surface area contributed by atoms with Crippen LogP contribution in [0.3, 0.4) is 0 Å². The third-order valence-corrected chi connectivity index (χ3v) is 4.32. The molecule has 24 heavy (non-hydrogen) atoms. The Morgan fingerprint density at radius 1 is 0.958 bits per heavy atom. The third kappa shape index (κ3) is 3.98. The Kier molecular flexibility index (Phi) is 5.21. The van der Waals surface area contributed by atoms with E-state index in [-0.39, 0.29) is 6.03 Å². The minimum atomic E-state index is -0.0112. The molecule has 1 fully saturated rings. The molecule has 5 heteroatoms. The van der Waals surface area contributed by atoms with Gasteiger partial charge in [0.2, 0.25) is 0 Å². The maximum Gasteiger partial charge on any atom is 0.317 e. The molecule has 126 valence electrons. The van der Waals surface area contributed by atoms with Crippen LogP contribution in [-0.4, -0.2) is 48.8 Å². The fourth-order valence-electron chi connectivity index (χ4n) is 2.95. The van der Waals surface area contributed by atoms with Gasteiger partial charge in [0.25, 0.3) is 0 Å². The van der Waals surface area contributed by atoms with E-state index in [0.717, 1.165) is 25.2 Å². The first-order valence-electron chi connectivity index (χ1n) is 8.33. The second-order valence-corrected chi connectivity index (χ2v) is 5.93. The first kappa shape index (κ1) is 16.2. The fourth-order valence-corrected chi connectivity index (χ4v) is 2.95. The predicted molar refractivity (Wildman–Crippen MR) is 95.4 cm³/mol. The Morgan fingerprint density at radius 2 is 1.62 bits per heavy atom. The van der Waals surface area contributed by atoms with Gasteiger partial charge in [-0.3, -0.25) is 0 Å². The van der Waals surface area contributed by atoms with E-state index in [1.54, 1.807) is 6.07 Å². The van der Waals surface area contributed by atoms with Gasteiger partial charge in [0.15, 0.2) is 0 Å². The molecule has 2 amide bonds. The van der Waals surface area contributed by atoms with Crippen LogP contribution in [0.2, 0.25) is 0 Å². The fraction of sp³-hybridized carbons (Fsp3) is 0.316. The molecule has 0 unspecified atom stereocenters. The Labute approximate surface area is 142 Å². The van der Waals surface area contributed by atoms with Gasteiger partial charge in [-0.2, -0.15) is 0 Å². The lowest BCUT2D eigenvalue weighted by molar-refractivity contribution is 0.194. The van der Waals surface area contributed by atoms with Crippen molar-refractivity contribution in [3.8, 4) is 5.75 Å². The lowest BCUT2D eigenvalue weighted by atomic mass is 10.1. The Balaban J connectivity index is 1.44. The van der Waals surface area contributed by atoms with Crippen molar-refractivity contribution in [3.63, 3.8) is 0 Å². The molecule has 0 atom stereocenters. The maximum atomic E-state index is 12.2. The predicted octanol–water partition coefficient (Wildman–Crippen LogP) is 2.47. The highest BCUT2D eigenvalue weighted by Crippen LogP contribution is 2.27. The average Bonchev–Trinajstić information content (AvgIpc) is 2.63. The molecule has 0 saturated carbocycles. The van der Waals surface area contributed by atoms with Gasteiger partial charge in [0.1, 0.15) is 5.75 Å². The van der Waals surface area contributed by atoms with Crippen molar-refractivity contribution < 1.29 is 9.90 Å². The molecule has 1 saturated heterocycles. The summed E-state index contributed by atoms with van der Waals surface area (Å²) in [7, 11) is 0. The summed E-state index contributed by atoms with van der Waals surface area (Å²) in [6, 6.07) is 17.5. The van der Waals surface area contributed by atoms with Crippen molar-refractivity contribution >= 4 is 11.7 Å².